The first kappa shape index (κ1) is 22.5. The Morgan fingerprint density at radius 2 is 1.63 bits per heavy atom. The topological polar surface area (TPSA) is 60.0 Å². The Labute approximate surface area is 207 Å². The van der Waals surface area contributed by atoms with E-state index in [1.54, 1.807) is 4.90 Å². The van der Waals surface area contributed by atoms with Crippen molar-refractivity contribution in [3.8, 4) is 0 Å². The zero-order valence-electron chi connectivity index (χ0n) is 20.7. The summed E-state index contributed by atoms with van der Waals surface area (Å²) in [5, 5.41) is 0. The van der Waals surface area contributed by atoms with Crippen LogP contribution in [0.25, 0.3) is 0 Å². The minimum atomic E-state index is -0.690. The Bertz CT molecular complexity index is 1080. The third-order valence-corrected chi connectivity index (χ3v) is 8.63. The predicted octanol–water partition coefficient (Wildman–Crippen LogP) is 3.47. The Morgan fingerprint density at radius 1 is 0.943 bits per heavy atom. The average Bonchev–Trinajstić information content (AvgIpc) is 3.60. The van der Waals surface area contributed by atoms with Gasteiger partial charge in [0.1, 0.15) is 5.54 Å². The molecular formula is C28H35N5O2. The van der Waals surface area contributed by atoms with Crippen LogP contribution in [0.5, 0.6) is 0 Å². The Kier molecular flexibility index (Phi) is 5.75. The molecule has 4 heterocycles. The van der Waals surface area contributed by atoms with Crippen LogP contribution in [0.4, 0.5) is 10.5 Å². The summed E-state index contributed by atoms with van der Waals surface area (Å²) in [4.78, 5) is 40.3. The molecule has 0 N–H and O–H groups in total. The van der Waals surface area contributed by atoms with E-state index in [-0.39, 0.29) is 18.0 Å². The van der Waals surface area contributed by atoms with Gasteiger partial charge in [-0.25, -0.2) is 4.79 Å². The molecule has 1 aromatic carbocycles. The van der Waals surface area contributed by atoms with Gasteiger partial charge in [0.05, 0.1) is 17.6 Å². The highest BCUT2D eigenvalue weighted by atomic mass is 16.2. The second-order valence-corrected chi connectivity index (χ2v) is 10.5. The highest BCUT2D eigenvalue weighted by molar-refractivity contribution is 6.07. The Morgan fingerprint density at radius 3 is 2.23 bits per heavy atom. The van der Waals surface area contributed by atoms with E-state index in [0.29, 0.717) is 19.4 Å². The molecule has 0 unspecified atom stereocenters. The molecule has 35 heavy (non-hydrogen) atoms. The molecule has 184 valence electrons. The smallest absolute Gasteiger partial charge is 0.327 e. The lowest BCUT2D eigenvalue weighted by atomic mass is 9.85. The van der Waals surface area contributed by atoms with Crippen molar-refractivity contribution in [2.24, 2.45) is 0 Å². The first-order valence-corrected chi connectivity index (χ1v) is 13.2. The number of hydrogen-bond acceptors (Lipinski definition) is 5. The van der Waals surface area contributed by atoms with Crippen LogP contribution in [0.2, 0.25) is 0 Å². The first-order valence-electron chi connectivity index (χ1n) is 13.2. The predicted molar refractivity (Wildman–Crippen MR) is 135 cm³/mol. The number of carbonyl (C=O) groups is 2. The number of imide groups is 1. The second kappa shape index (κ2) is 8.94. The van der Waals surface area contributed by atoms with Gasteiger partial charge in [-0.05, 0) is 68.7 Å². The fourth-order valence-corrected chi connectivity index (χ4v) is 6.68. The molecule has 0 radical (unpaired) electrons. The Hall–Kier alpha value is -2.93. The van der Waals surface area contributed by atoms with Gasteiger partial charge in [-0.15, -0.1) is 0 Å². The number of piperidine rings is 1. The van der Waals surface area contributed by atoms with E-state index in [9.17, 15) is 9.59 Å². The zero-order valence-corrected chi connectivity index (χ0v) is 20.7. The largest absolute Gasteiger partial charge is 0.370 e. The maximum Gasteiger partial charge on any atom is 0.327 e. The van der Waals surface area contributed by atoms with Gasteiger partial charge in [0.2, 0.25) is 0 Å². The monoisotopic (exact) mass is 473 g/mol. The molecular weight excluding hydrogens is 438 g/mol. The van der Waals surface area contributed by atoms with Crippen molar-refractivity contribution in [2.45, 2.75) is 63.6 Å². The SMILES string of the molecule is CCN1C(=O)N(C2Cc3ccccc3C2)C(=O)C12CCN(Cc1ccc(N3CCCC3)cn1)CC2. The summed E-state index contributed by atoms with van der Waals surface area (Å²) in [6, 6.07) is 12.5. The molecule has 1 aliphatic carbocycles. The summed E-state index contributed by atoms with van der Waals surface area (Å²) in [5.41, 5.74) is 4.12. The summed E-state index contributed by atoms with van der Waals surface area (Å²) in [6.07, 6.45) is 7.44. The van der Waals surface area contributed by atoms with E-state index in [0.717, 1.165) is 51.3 Å². The molecule has 0 bridgehead atoms. The van der Waals surface area contributed by atoms with Crippen molar-refractivity contribution >= 4 is 17.6 Å². The molecule has 0 atom stereocenters. The zero-order chi connectivity index (χ0) is 24.0. The number of amides is 3. The number of urea groups is 1. The number of rotatable bonds is 5. The molecule has 3 amide bonds. The van der Waals surface area contributed by atoms with Crippen molar-refractivity contribution in [3.05, 3.63) is 59.4 Å². The molecule has 2 aromatic rings. The summed E-state index contributed by atoms with van der Waals surface area (Å²) in [5.74, 6) is 0.0231. The lowest BCUT2D eigenvalue weighted by molar-refractivity contribution is -0.137. The molecule has 4 aliphatic rings. The van der Waals surface area contributed by atoms with Crippen LogP contribution in [0, 0.1) is 0 Å². The minimum absolute atomic E-state index is 0.0231. The van der Waals surface area contributed by atoms with Crippen molar-refractivity contribution in [1.82, 2.24) is 19.7 Å². The van der Waals surface area contributed by atoms with Crippen LogP contribution in [-0.2, 0) is 24.2 Å². The molecule has 3 fully saturated rings. The molecule has 7 heteroatoms. The van der Waals surface area contributed by atoms with E-state index in [1.165, 1.54) is 29.7 Å². The van der Waals surface area contributed by atoms with Gasteiger partial charge in [0.15, 0.2) is 0 Å². The number of benzene rings is 1. The van der Waals surface area contributed by atoms with Crippen molar-refractivity contribution < 1.29 is 9.59 Å². The number of likely N-dealkylation sites (tertiary alicyclic amines) is 1. The van der Waals surface area contributed by atoms with E-state index in [1.807, 2.05) is 30.2 Å². The number of hydrogen-bond donors (Lipinski definition) is 0. The van der Waals surface area contributed by atoms with Crippen LogP contribution in [0.1, 0.15) is 49.4 Å². The van der Waals surface area contributed by atoms with Crippen molar-refractivity contribution in [1.29, 1.82) is 0 Å². The van der Waals surface area contributed by atoms with Crippen molar-refractivity contribution in [3.63, 3.8) is 0 Å². The highest BCUT2D eigenvalue weighted by Gasteiger charge is 2.59. The second-order valence-electron chi connectivity index (χ2n) is 10.5. The van der Waals surface area contributed by atoms with Crippen LogP contribution in [-0.4, -0.2) is 75.9 Å². The average molecular weight is 474 g/mol. The molecule has 1 spiro atoms. The van der Waals surface area contributed by atoms with E-state index >= 15 is 0 Å². The summed E-state index contributed by atoms with van der Waals surface area (Å²) in [7, 11) is 0. The van der Waals surface area contributed by atoms with Gasteiger partial charge in [0, 0.05) is 45.3 Å². The van der Waals surface area contributed by atoms with Crippen LogP contribution < -0.4 is 4.90 Å². The lowest BCUT2D eigenvalue weighted by Crippen LogP contribution is -2.56. The van der Waals surface area contributed by atoms with Gasteiger partial charge >= 0.3 is 6.03 Å². The number of nitrogens with zero attached hydrogens (tertiary/aromatic N) is 5. The molecule has 0 saturated carbocycles. The fourth-order valence-electron chi connectivity index (χ4n) is 6.68. The van der Waals surface area contributed by atoms with Gasteiger partial charge in [-0.3, -0.25) is 19.6 Å². The number of pyridine rings is 1. The first-order chi connectivity index (χ1) is 17.1. The molecule has 6 rings (SSSR count). The third-order valence-electron chi connectivity index (χ3n) is 8.63. The Balaban J connectivity index is 1.12. The summed E-state index contributed by atoms with van der Waals surface area (Å²) in [6.45, 7) is 7.19. The normalized spacial score (nSPS) is 22.6. The maximum atomic E-state index is 13.9. The number of likely N-dealkylation sites (N-methyl/N-ethyl adjacent to an activating group) is 1. The number of carbonyl (C=O) groups excluding carboxylic acids is 2. The van der Waals surface area contributed by atoms with Gasteiger partial charge in [-0.2, -0.15) is 0 Å². The lowest BCUT2D eigenvalue weighted by Gasteiger charge is -2.41. The van der Waals surface area contributed by atoms with Crippen LogP contribution in [0.3, 0.4) is 0 Å². The van der Waals surface area contributed by atoms with Crippen LogP contribution >= 0.6 is 0 Å². The van der Waals surface area contributed by atoms with Gasteiger partial charge < -0.3 is 9.80 Å². The molecule has 3 saturated heterocycles. The van der Waals surface area contributed by atoms with Gasteiger partial charge in [-0.1, -0.05) is 24.3 Å². The van der Waals surface area contributed by atoms with E-state index in [4.69, 9.17) is 4.98 Å². The summed E-state index contributed by atoms with van der Waals surface area (Å²) >= 11 is 0. The van der Waals surface area contributed by atoms with E-state index < -0.39 is 5.54 Å². The minimum Gasteiger partial charge on any atom is -0.370 e. The molecule has 1 aromatic heterocycles. The quantitative estimate of drug-likeness (QED) is 0.623. The number of aromatic nitrogens is 1. The summed E-state index contributed by atoms with van der Waals surface area (Å²) < 4.78 is 0. The maximum absolute atomic E-state index is 13.9. The standard InChI is InChI=1S/C28H35N5O2/c1-2-32-27(35)33(25-17-21-7-3-4-8-22(21)18-25)26(34)28(32)11-15-30(16-12-28)20-23-9-10-24(19-29-23)31-13-5-6-14-31/h3-4,7-10,19,25H,2,5-6,11-18,20H2,1H3. The van der Waals surface area contributed by atoms with Gasteiger partial charge in [0.25, 0.3) is 5.91 Å². The van der Waals surface area contributed by atoms with Crippen molar-refractivity contribution in [2.75, 3.05) is 37.6 Å². The fraction of sp³-hybridized carbons (Fsp3) is 0.536. The number of fused-ring (bicyclic) bond motifs is 1. The highest BCUT2D eigenvalue weighted by Crippen LogP contribution is 2.40. The van der Waals surface area contributed by atoms with E-state index in [2.05, 4.69) is 34.1 Å². The molecule has 3 aliphatic heterocycles. The number of anilines is 1. The third kappa shape index (κ3) is 3.80. The molecule has 7 nitrogen and oxygen atoms in total. The van der Waals surface area contributed by atoms with Crippen LogP contribution in [0.15, 0.2) is 42.6 Å².